The number of carbonyl (C=O) groups excluding carboxylic acids is 1. The van der Waals surface area contributed by atoms with Crippen molar-refractivity contribution in [3.05, 3.63) is 36.0 Å². The normalized spacial score (nSPS) is 10.4. The molecule has 0 bridgehead atoms. The molecule has 0 radical (unpaired) electrons. The highest BCUT2D eigenvalue weighted by Crippen LogP contribution is 2.11. The minimum atomic E-state index is -0.783. The number of carboxylic acids is 1. The molecule has 0 aliphatic rings. The Bertz CT molecular complexity index is 497. The van der Waals surface area contributed by atoms with E-state index in [4.69, 9.17) is 9.84 Å². The first kappa shape index (κ1) is 17.6. The van der Waals surface area contributed by atoms with Gasteiger partial charge in [0.05, 0.1) is 7.11 Å². The molecule has 0 aromatic heterocycles. The van der Waals surface area contributed by atoms with Crippen LogP contribution in [0.5, 0.6) is 5.75 Å². The van der Waals surface area contributed by atoms with Gasteiger partial charge in [0.25, 0.3) is 0 Å². The summed E-state index contributed by atoms with van der Waals surface area (Å²) < 4.78 is 5.06. The molecule has 0 saturated heterocycles. The third-order valence-electron chi connectivity index (χ3n) is 2.96. The van der Waals surface area contributed by atoms with Gasteiger partial charge in [-0.1, -0.05) is 18.6 Å². The van der Waals surface area contributed by atoms with E-state index in [-0.39, 0.29) is 12.5 Å². The molecule has 0 aliphatic carbocycles. The highest BCUT2D eigenvalue weighted by Gasteiger charge is 1.98. The fourth-order valence-corrected chi connectivity index (χ4v) is 1.76. The van der Waals surface area contributed by atoms with Crippen LogP contribution in [0.3, 0.4) is 0 Å². The summed E-state index contributed by atoms with van der Waals surface area (Å²) in [5, 5.41) is 13.8. The van der Waals surface area contributed by atoms with Crippen molar-refractivity contribution in [2.45, 2.75) is 25.7 Å². The quantitative estimate of drug-likeness (QED) is 0.612. The Morgan fingerprint density at radius 1 is 1.18 bits per heavy atom. The molecule has 0 aliphatic heterocycles. The number of nitrogens with one attached hydrogen (secondary N) is 2. The molecule has 6 nitrogen and oxygen atoms in total. The lowest BCUT2D eigenvalue weighted by Crippen LogP contribution is -2.32. The SMILES string of the molecule is COc1ccc(/C=C/NC(=O)NCCCCCC(=O)O)cc1. The van der Waals surface area contributed by atoms with E-state index in [2.05, 4.69) is 10.6 Å². The summed E-state index contributed by atoms with van der Waals surface area (Å²) in [6, 6.07) is 7.19. The Labute approximate surface area is 130 Å². The van der Waals surface area contributed by atoms with Gasteiger partial charge in [0.2, 0.25) is 0 Å². The first-order chi connectivity index (χ1) is 10.6. The fourth-order valence-electron chi connectivity index (χ4n) is 1.76. The summed E-state index contributed by atoms with van der Waals surface area (Å²) in [6.07, 6.45) is 5.72. The van der Waals surface area contributed by atoms with E-state index in [0.29, 0.717) is 13.0 Å². The van der Waals surface area contributed by atoms with Gasteiger partial charge in [-0.15, -0.1) is 0 Å². The number of urea groups is 1. The molecule has 0 atom stereocenters. The van der Waals surface area contributed by atoms with Crippen LogP contribution in [-0.4, -0.2) is 30.8 Å². The van der Waals surface area contributed by atoms with Crippen LogP contribution in [0.1, 0.15) is 31.2 Å². The second-order valence-corrected chi connectivity index (χ2v) is 4.71. The number of aliphatic carboxylic acids is 1. The molecular weight excluding hydrogens is 284 g/mol. The van der Waals surface area contributed by atoms with E-state index < -0.39 is 5.97 Å². The average molecular weight is 306 g/mol. The van der Waals surface area contributed by atoms with Crippen molar-refractivity contribution in [2.24, 2.45) is 0 Å². The van der Waals surface area contributed by atoms with Crippen molar-refractivity contribution < 1.29 is 19.4 Å². The molecule has 2 amide bonds. The van der Waals surface area contributed by atoms with Gasteiger partial charge < -0.3 is 20.5 Å². The molecule has 0 unspecified atom stereocenters. The summed E-state index contributed by atoms with van der Waals surface area (Å²) in [5.74, 6) is 0.000113. The molecule has 0 heterocycles. The van der Waals surface area contributed by atoms with Gasteiger partial charge in [-0.25, -0.2) is 4.79 Å². The van der Waals surface area contributed by atoms with Crippen molar-refractivity contribution >= 4 is 18.1 Å². The van der Waals surface area contributed by atoms with Crippen molar-refractivity contribution in [1.82, 2.24) is 10.6 Å². The molecule has 1 aromatic rings. The smallest absolute Gasteiger partial charge is 0.318 e. The summed E-state index contributed by atoms with van der Waals surface area (Å²) in [6.45, 7) is 0.530. The van der Waals surface area contributed by atoms with E-state index in [1.165, 1.54) is 0 Å². The van der Waals surface area contributed by atoms with E-state index >= 15 is 0 Å². The number of amides is 2. The molecule has 1 aromatic carbocycles. The van der Waals surface area contributed by atoms with Crippen molar-refractivity contribution in [2.75, 3.05) is 13.7 Å². The van der Waals surface area contributed by atoms with Gasteiger partial charge >= 0.3 is 12.0 Å². The molecule has 0 spiro atoms. The number of unbranched alkanes of at least 4 members (excludes halogenated alkanes) is 2. The number of carbonyl (C=O) groups is 2. The Balaban J connectivity index is 2.14. The van der Waals surface area contributed by atoms with Gasteiger partial charge in [0.1, 0.15) is 5.75 Å². The lowest BCUT2D eigenvalue weighted by Gasteiger charge is -2.04. The lowest BCUT2D eigenvalue weighted by molar-refractivity contribution is -0.137. The highest BCUT2D eigenvalue weighted by molar-refractivity contribution is 5.75. The highest BCUT2D eigenvalue weighted by atomic mass is 16.5. The van der Waals surface area contributed by atoms with E-state index in [0.717, 1.165) is 24.2 Å². The summed E-state index contributed by atoms with van der Waals surface area (Å²) in [7, 11) is 1.61. The Kier molecular flexibility index (Phi) is 8.18. The number of ether oxygens (including phenoxy) is 1. The minimum Gasteiger partial charge on any atom is -0.497 e. The number of benzene rings is 1. The molecule has 120 valence electrons. The van der Waals surface area contributed by atoms with Gasteiger partial charge in [-0.05, 0) is 36.6 Å². The molecule has 22 heavy (non-hydrogen) atoms. The Hall–Kier alpha value is -2.50. The monoisotopic (exact) mass is 306 g/mol. The zero-order valence-corrected chi connectivity index (χ0v) is 12.7. The zero-order chi connectivity index (χ0) is 16.2. The number of rotatable bonds is 9. The second-order valence-electron chi connectivity index (χ2n) is 4.71. The minimum absolute atomic E-state index is 0.177. The Morgan fingerprint density at radius 3 is 2.55 bits per heavy atom. The standard InChI is InChI=1S/C16H22N2O4/c1-22-14-8-6-13(7-9-14)10-12-18-16(21)17-11-4-2-3-5-15(19)20/h6-10,12H,2-5,11H2,1H3,(H,19,20)(H2,17,18,21)/b12-10+. The van der Waals surface area contributed by atoms with Crippen LogP contribution in [0.2, 0.25) is 0 Å². The number of hydrogen-bond donors (Lipinski definition) is 3. The topological polar surface area (TPSA) is 87.7 Å². The lowest BCUT2D eigenvalue weighted by atomic mass is 10.2. The molecule has 3 N–H and O–H groups in total. The van der Waals surface area contributed by atoms with Crippen LogP contribution < -0.4 is 15.4 Å². The molecule has 0 fully saturated rings. The molecule has 0 saturated carbocycles. The largest absolute Gasteiger partial charge is 0.497 e. The maximum absolute atomic E-state index is 11.5. The second kappa shape index (κ2) is 10.3. The first-order valence-corrected chi connectivity index (χ1v) is 7.18. The van der Waals surface area contributed by atoms with Gasteiger partial charge in [-0.3, -0.25) is 4.79 Å². The number of carboxylic acid groups (broad SMARTS) is 1. The van der Waals surface area contributed by atoms with Crippen molar-refractivity contribution in [1.29, 1.82) is 0 Å². The van der Waals surface area contributed by atoms with Gasteiger partial charge in [0.15, 0.2) is 0 Å². The van der Waals surface area contributed by atoms with E-state index in [9.17, 15) is 9.59 Å². The van der Waals surface area contributed by atoms with Crippen LogP contribution in [0, 0.1) is 0 Å². The summed E-state index contributed by atoms with van der Waals surface area (Å²) in [5.41, 5.74) is 0.953. The number of hydrogen-bond acceptors (Lipinski definition) is 3. The third-order valence-corrected chi connectivity index (χ3v) is 2.96. The summed E-state index contributed by atoms with van der Waals surface area (Å²) >= 11 is 0. The predicted octanol–water partition coefficient (Wildman–Crippen LogP) is 2.61. The van der Waals surface area contributed by atoms with Crippen LogP contribution in [0.15, 0.2) is 30.5 Å². The van der Waals surface area contributed by atoms with Crippen LogP contribution >= 0.6 is 0 Å². The zero-order valence-electron chi connectivity index (χ0n) is 12.7. The van der Waals surface area contributed by atoms with Crippen molar-refractivity contribution in [3.63, 3.8) is 0 Å². The molecular formula is C16H22N2O4. The molecule has 1 rings (SSSR count). The maximum atomic E-state index is 11.5. The van der Waals surface area contributed by atoms with Gasteiger partial charge in [0, 0.05) is 19.2 Å². The van der Waals surface area contributed by atoms with Crippen LogP contribution in [0.25, 0.3) is 6.08 Å². The fraction of sp³-hybridized carbons (Fsp3) is 0.375. The van der Waals surface area contributed by atoms with E-state index in [1.54, 1.807) is 19.4 Å². The first-order valence-electron chi connectivity index (χ1n) is 7.18. The third kappa shape index (κ3) is 7.94. The summed E-state index contributed by atoms with van der Waals surface area (Å²) in [4.78, 5) is 21.8. The van der Waals surface area contributed by atoms with Crippen LogP contribution in [0.4, 0.5) is 4.79 Å². The van der Waals surface area contributed by atoms with Gasteiger partial charge in [-0.2, -0.15) is 0 Å². The molecule has 6 heteroatoms. The Morgan fingerprint density at radius 2 is 1.91 bits per heavy atom. The van der Waals surface area contributed by atoms with Crippen molar-refractivity contribution in [3.8, 4) is 5.75 Å². The average Bonchev–Trinajstić information content (AvgIpc) is 2.51. The van der Waals surface area contributed by atoms with Crippen LogP contribution in [-0.2, 0) is 4.79 Å². The predicted molar refractivity (Wildman–Crippen MR) is 84.7 cm³/mol. The maximum Gasteiger partial charge on any atom is 0.318 e. The number of methoxy groups -OCH3 is 1. The van der Waals surface area contributed by atoms with E-state index in [1.807, 2.05) is 24.3 Å².